The van der Waals surface area contributed by atoms with Crippen molar-refractivity contribution in [3.8, 4) is 0 Å². The van der Waals surface area contributed by atoms with E-state index >= 15 is 0 Å². The Labute approximate surface area is 81.1 Å². The summed E-state index contributed by atoms with van der Waals surface area (Å²) in [6.45, 7) is 5.00. The molecule has 0 aromatic carbocycles. The molecule has 3 nitrogen and oxygen atoms in total. The maximum atomic E-state index is 8.70. The molecule has 0 rings (SSSR count). The largest absolute Gasteiger partial charge is 2.00 e. The molecule has 46 valence electrons. The first-order valence-corrected chi connectivity index (χ1v) is 2.45. The van der Waals surface area contributed by atoms with Crippen LogP contribution in [0.2, 0.25) is 0 Å². The van der Waals surface area contributed by atoms with Crippen LogP contribution in [0.5, 0.6) is 0 Å². The van der Waals surface area contributed by atoms with Gasteiger partial charge in [0.15, 0.2) is 0 Å². The van der Waals surface area contributed by atoms with Gasteiger partial charge in [0.25, 0.3) is 0 Å². The minimum Gasteiger partial charge on any atom is -0.358 e. The number of hydrogen-bond acceptors (Lipinski definition) is 1. The van der Waals surface area contributed by atoms with Crippen LogP contribution < -0.4 is 0 Å². The smallest absolute Gasteiger partial charge is 0.358 e. The van der Waals surface area contributed by atoms with Crippen molar-refractivity contribution in [3.63, 3.8) is 0 Å². The van der Waals surface area contributed by atoms with Crippen LogP contribution in [0.3, 0.4) is 0 Å². The predicted molar refractivity (Wildman–Crippen MR) is 35.2 cm³/mol. The maximum Gasteiger partial charge on any atom is 2.00 e. The fourth-order valence-electron chi connectivity index (χ4n) is 0. The second-order valence-electron chi connectivity index (χ2n) is 0.253. The van der Waals surface area contributed by atoms with Gasteiger partial charge in [0.05, 0.1) is 0 Å². The molecule has 0 heterocycles. The third-order valence-corrected chi connectivity index (χ3v) is 0. The van der Waals surface area contributed by atoms with Gasteiger partial charge in [0, 0.05) is 4.57 Å². The van der Waals surface area contributed by atoms with E-state index in [0.717, 1.165) is 0 Å². The summed E-state index contributed by atoms with van der Waals surface area (Å²) in [5.41, 5.74) is 0. The van der Waals surface area contributed by atoms with Crippen molar-refractivity contribution in [2.45, 2.75) is 6.92 Å². The molecule has 0 aliphatic rings. The first-order chi connectivity index (χ1) is 2.73. The van der Waals surface area contributed by atoms with Crippen LogP contribution in [0.4, 0.5) is 0 Å². The summed E-state index contributed by atoms with van der Waals surface area (Å²) in [4.78, 5) is 14.2. The van der Waals surface area contributed by atoms with Gasteiger partial charge in [-0.3, -0.25) is 0 Å². The van der Waals surface area contributed by atoms with Crippen LogP contribution >= 0.6 is 8.25 Å². The number of rotatable bonds is 0. The Hall–Kier alpha value is 1.28. The molecule has 0 fully saturated rings. The zero-order valence-corrected chi connectivity index (χ0v) is 8.27. The second-order valence-corrected chi connectivity index (χ2v) is 0.758. The summed E-state index contributed by atoms with van der Waals surface area (Å²) in [6.07, 6.45) is 0. The standard InChI is InChI=1S/C2H5.CH3.Ca.HO3P/c1-2;;;1-4(2)3/h1H2,2H3;1H3;;(H-,1,2,3)/q2*-1;+2;/p+1. The van der Waals surface area contributed by atoms with Gasteiger partial charge in [-0.15, -0.1) is 9.79 Å². The summed E-state index contributed by atoms with van der Waals surface area (Å²) < 4.78 is 8.70. The predicted octanol–water partition coefficient (Wildman–Crippen LogP) is 0.538. The number of hydrogen-bond donors (Lipinski definition) is 2. The van der Waals surface area contributed by atoms with Crippen molar-refractivity contribution in [2.24, 2.45) is 0 Å². The summed E-state index contributed by atoms with van der Waals surface area (Å²) in [5, 5.41) is 0. The van der Waals surface area contributed by atoms with E-state index in [0.29, 0.717) is 0 Å². The molecule has 0 saturated carbocycles. The molecule has 0 aliphatic heterocycles. The molecule has 2 N–H and O–H groups in total. The zero-order valence-electron chi connectivity index (χ0n) is 5.16. The van der Waals surface area contributed by atoms with Crippen molar-refractivity contribution < 1.29 is 14.4 Å². The van der Waals surface area contributed by atoms with Gasteiger partial charge in [0.1, 0.15) is 0 Å². The van der Waals surface area contributed by atoms with E-state index < -0.39 is 8.25 Å². The van der Waals surface area contributed by atoms with E-state index in [4.69, 9.17) is 14.4 Å². The quantitative estimate of drug-likeness (QED) is 0.313. The van der Waals surface area contributed by atoms with Crippen LogP contribution in [0.25, 0.3) is 0 Å². The Balaban J connectivity index is -0.0000000183. The Kier molecular flexibility index (Phi) is 68.3. The molecule has 0 atom stereocenters. The third-order valence-electron chi connectivity index (χ3n) is 0. The van der Waals surface area contributed by atoms with Gasteiger partial charge in [-0.05, 0) is 0 Å². The summed E-state index contributed by atoms with van der Waals surface area (Å²) >= 11 is 0. The van der Waals surface area contributed by atoms with Crippen molar-refractivity contribution in [2.75, 3.05) is 0 Å². The minimum atomic E-state index is -2.87. The van der Waals surface area contributed by atoms with E-state index in [2.05, 4.69) is 6.92 Å². The molecule has 5 heteroatoms. The van der Waals surface area contributed by atoms with E-state index in [1.54, 1.807) is 6.92 Å². The van der Waals surface area contributed by atoms with Gasteiger partial charge in [0.2, 0.25) is 0 Å². The minimum absolute atomic E-state index is 0. The van der Waals surface area contributed by atoms with Crippen LogP contribution in [0.1, 0.15) is 6.92 Å². The van der Waals surface area contributed by atoms with E-state index in [9.17, 15) is 0 Å². The molecule has 0 saturated heterocycles. The van der Waals surface area contributed by atoms with E-state index in [1.807, 2.05) is 0 Å². The normalized spacial score (nSPS) is 4.00. The maximum absolute atomic E-state index is 8.70. The summed E-state index contributed by atoms with van der Waals surface area (Å²) in [5.74, 6) is 0. The first kappa shape index (κ1) is 22.8. The van der Waals surface area contributed by atoms with Gasteiger partial charge in [-0.1, -0.05) is 0 Å². The van der Waals surface area contributed by atoms with Gasteiger partial charge < -0.3 is 14.4 Å². The van der Waals surface area contributed by atoms with Gasteiger partial charge in [-0.25, -0.2) is 0 Å². The van der Waals surface area contributed by atoms with E-state index in [-0.39, 0.29) is 45.2 Å². The van der Waals surface area contributed by atoms with Crippen LogP contribution in [0, 0.1) is 14.4 Å². The molecule has 0 aliphatic carbocycles. The molecule has 0 amide bonds. The molecule has 0 unspecified atom stereocenters. The molecule has 8 heavy (non-hydrogen) atoms. The van der Waals surface area contributed by atoms with E-state index in [1.165, 1.54) is 0 Å². The van der Waals surface area contributed by atoms with Crippen molar-refractivity contribution >= 4 is 46.0 Å². The van der Waals surface area contributed by atoms with Crippen molar-refractivity contribution in [1.29, 1.82) is 0 Å². The molecule has 0 aromatic heterocycles. The zero-order chi connectivity index (χ0) is 5.58. The Morgan fingerprint density at radius 3 is 1.38 bits per heavy atom. The topological polar surface area (TPSA) is 57.5 Å². The molecule has 0 radical (unpaired) electrons. The van der Waals surface area contributed by atoms with Gasteiger partial charge in [-0.2, -0.15) is 6.92 Å². The van der Waals surface area contributed by atoms with Crippen LogP contribution in [-0.2, 0) is 4.57 Å². The average Bonchev–Trinajstić information content (AvgIpc) is 1.41. The van der Waals surface area contributed by atoms with Crippen LogP contribution in [-0.4, -0.2) is 47.5 Å². The molecule has 0 bridgehead atoms. The Bertz CT molecular complexity index is 37.5. The fraction of sp³-hybridized carbons (Fsp3) is 0.333. The Morgan fingerprint density at radius 1 is 1.38 bits per heavy atom. The summed E-state index contributed by atoms with van der Waals surface area (Å²) in [6, 6.07) is 0. The molecule has 0 spiro atoms. The van der Waals surface area contributed by atoms with Gasteiger partial charge >= 0.3 is 46.0 Å². The molecule has 0 aromatic rings. The first-order valence-electron chi connectivity index (χ1n) is 1.29. The Morgan fingerprint density at radius 2 is 1.38 bits per heavy atom. The van der Waals surface area contributed by atoms with Crippen molar-refractivity contribution in [3.05, 3.63) is 14.4 Å². The SMILES string of the molecule is O=[P+](O)O.[CH2-]C.[CH3-].[Ca+2]. The monoisotopic (exact) mass is 165 g/mol. The van der Waals surface area contributed by atoms with Crippen LogP contribution in [0.15, 0.2) is 0 Å². The second kappa shape index (κ2) is 24.0. The van der Waals surface area contributed by atoms with Crippen molar-refractivity contribution in [1.82, 2.24) is 0 Å². The average molecular weight is 165 g/mol. The fourth-order valence-corrected chi connectivity index (χ4v) is 0. The molecular weight excluding hydrogens is 155 g/mol. The third kappa shape index (κ3) is 175. The molecular formula is C3H10CaO3P+. The summed E-state index contributed by atoms with van der Waals surface area (Å²) in [7, 11) is -2.87.